The summed E-state index contributed by atoms with van der Waals surface area (Å²) in [7, 11) is 0. The van der Waals surface area contributed by atoms with Gasteiger partial charge in [-0.1, -0.05) is 6.07 Å². The van der Waals surface area contributed by atoms with Crippen molar-refractivity contribution in [2.45, 2.75) is 37.8 Å². The van der Waals surface area contributed by atoms with E-state index in [9.17, 15) is 29.4 Å². The third-order valence-electron chi connectivity index (χ3n) is 4.78. The van der Waals surface area contributed by atoms with Gasteiger partial charge in [0.05, 0.1) is 0 Å². The summed E-state index contributed by atoms with van der Waals surface area (Å²) in [5.41, 5.74) is -0.0369. The number of likely N-dealkylation sites (tertiary alicyclic amines) is 2. The highest BCUT2D eigenvalue weighted by Crippen LogP contribution is 2.22. The highest BCUT2D eigenvalue weighted by Gasteiger charge is 2.37. The molecule has 0 saturated carbocycles. The van der Waals surface area contributed by atoms with Crippen molar-refractivity contribution in [3.63, 3.8) is 0 Å². The number of rotatable bonds is 4. The minimum Gasteiger partial charge on any atom is -0.480 e. The van der Waals surface area contributed by atoms with Crippen molar-refractivity contribution in [1.29, 1.82) is 0 Å². The first-order valence-electron chi connectivity index (χ1n) is 8.44. The fourth-order valence-electron chi connectivity index (χ4n) is 3.50. The number of nitrogens with zero attached hydrogens (tertiary/aromatic N) is 3. The zero-order valence-corrected chi connectivity index (χ0v) is 14.0. The van der Waals surface area contributed by atoms with Crippen molar-refractivity contribution in [2.75, 3.05) is 13.1 Å². The van der Waals surface area contributed by atoms with E-state index in [0.717, 1.165) is 0 Å². The molecule has 138 valence electrons. The average Bonchev–Trinajstić information content (AvgIpc) is 3.29. The molecule has 0 aliphatic carbocycles. The van der Waals surface area contributed by atoms with Gasteiger partial charge in [0.25, 0.3) is 11.8 Å². The maximum Gasteiger partial charge on any atom is 0.326 e. The fraction of sp³-hybridized carbons (Fsp3) is 0.471. The van der Waals surface area contributed by atoms with E-state index in [0.29, 0.717) is 38.8 Å². The molecule has 2 saturated heterocycles. The number of carbonyl (C=O) groups is 4. The summed E-state index contributed by atoms with van der Waals surface area (Å²) in [5, 5.41) is 18.4. The lowest BCUT2D eigenvalue weighted by Crippen LogP contribution is -2.42. The molecule has 2 fully saturated rings. The molecule has 0 aromatic carbocycles. The smallest absolute Gasteiger partial charge is 0.326 e. The minimum atomic E-state index is -1.07. The summed E-state index contributed by atoms with van der Waals surface area (Å²) in [4.78, 5) is 54.3. The van der Waals surface area contributed by atoms with Gasteiger partial charge >= 0.3 is 11.9 Å². The molecule has 9 nitrogen and oxygen atoms in total. The second kappa shape index (κ2) is 7.11. The molecule has 2 aliphatic heterocycles. The molecule has 2 aliphatic rings. The standard InChI is InChI=1S/C17H19N3O6/c21-14(19-8-2-6-12(19)16(23)24)10-4-1-5-11(18-10)15(22)20-9-3-7-13(20)17(25)26/h1,4-5,12-13H,2-3,6-9H2,(H,23,24)(H,25,26)/t12-,13-/m1/s1. The highest BCUT2D eigenvalue weighted by molar-refractivity contribution is 5.99. The monoisotopic (exact) mass is 361 g/mol. The molecule has 2 amide bonds. The number of pyridine rings is 1. The molecule has 0 bridgehead atoms. The van der Waals surface area contributed by atoms with Gasteiger partial charge in [-0.05, 0) is 37.8 Å². The Morgan fingerprint density at radius 1 is 0.846 bits per heavy atom. The topological polar surface area (TPSA) is 128 Å². The number of hydrogen-bond donors (Lipinski definition) is 2. The van der Waals surface area contributed by atoms with Crippen molar-refractivity contribution in [2.24, 2.45) is 0 Å². The van der Waals surface area contributed by atoms with Gasteiger partial charge in [-0.25, -0.2) is 14.6 Å². The third kappa shape index (κ3) is 3.24. The molecule has 1 aromatic heterocycles. The summed E-state index contributed by atoms with van der Waals surface area (Å²) < 4.78 is 0. The minimum absolute atomic E-state index is 0.0185. The average molecular weight is 361 g/mol. The van der Waals surface area contributed by atoms with Crippen LogP contribution in [0.5, 0.6) is 0 Å². The van der Waals surface area contributed by atoms with Crippen LogP contribution in [0, 0.1) is 0 Å². The lowest BCUT2D eigenvalue weighted by Gasteiger charge is -2.22. The van der Waals surface area contributed by atoms with E-state index in [1.54, 1.807) is 0 Å². The first kappa shape index (κ1) is 17.8. The summed E-state index contributed by atoms with van der Waals surface area (Å²) in [6, 6.07) is 2.56. The van der Waals surface area contributed by atoms with Crippen LogP contribution in [0.1, 0.15) is 46.7 Å². The number of carboxylic acids is 2. The van der Waals surface area contributed by atoms with Crippen LogP contribution in [-0.4, -0.2) is 73.9 Å². The second-order valence-electron chi connectivity index (χ2n) is 6.40. The largest absolute Gasteiger partial charge is 0.480 e. The molecular formula is C17H19N3O6. The zero-order valence-electron chi connectivity index (χ0n) is 14.0. The predicted octanol–water partition coefficient (Wildman–Crippen LogP) is 0.460. The van der Waals surface area contributed by atoms with Crippen LogP contribution < -0.4 is 0 Å². The SMILES string of the molecule is O=C(O)[C@H]1CCCN1C(=O)c1cccc(C(=O)N2CCC[C@@H]2C(=O)O)n1. The Morgan fingerprint density at radius 3 is 1.65 bits per heavy atom. The molecule has 3 heterocycles. The van der Waals surface area contributed by atoms with E-state index < -0.39 is 35.8 Å². The molecule has 26 heavy (non-hydrogen) atoms. The lowest BCUT2D eigenvalue weighted by atomic mass is 10.2. The molecule has 0 radical (unpaired) electrons. The number of amides is 2. The van der Waals surface area contributed by atoms with Gasteiger partial charge in [0.15, 0.2) is 0 Å². The van der Waals surface area contributed by atoms with Gasteiger partial charge in [0.2, 0.25) is 0 Å². The number of aliphatic carboxylic acids is 2. The maximum atomic E-state index is 12.6. The molecule has 1 aromatic rings. The van der Waals surface area contributed by atoms with Crippen LogP contribution in [0.25, 0.3) is 0 Å². The van der Waals surface area contributed by atoms with E-state index in [1.807, 2.05) is 0 Å². The third-order valence-corrected chi connectivity index (χ3v) is 4.78. The van der Waals surface area contributed by atoms with E-state index in [2.05, 4.69) is 4.98 Å². The van der Waals surface area contributed by atoms with Gasteiger partial charge < -0.3 is 20.0 Å². The molecule has 2 N–H and O–H groups in total. The normalized spacial score (nSPS) is 22.5. The van der Waals surface area contributed by atoms with E-state index in [4.69, 9.17) is 0 Å². The zero-order chi connectivity index (χ0) is 18.8. The van der Waals surface area contributed by atoms with E-state index in [-0.39, 0.29) is 11.4 Å². The highest BCUT2D eigenvalue weighted by atomic mass is 16.4. The van der Waals surface area contributed by atoms with Crippen molar-refractivity contribution >= 4 is 23.8 Å². The van der Waals surface area contributed by atoms with Crippen LogP contribution in [0.2, 0.25) is 0 Å². The Kier molecular flexibility index (Phi) is 4.88. The number of carboxylic acid groups (broad SMARTS) is 2. The lowest BCUT2D eigenvalue weighted by molar-refractivity contribution is -0.142. The van der Waals surface area contributed by atoms with Crippen LogP contribution in [-0.2, 0) is 9.59 Å². The first-order chi connectivity index (χ1) is 12.4. The number of aromatic nitrogens is 1. The van der Waals surface area contributed by atoms with Crippen LogP contribution in [0.4, 0.5) is 0 Å². The Labute approximate surface area is 149 Å². The van der Waals surface area contributed by atoms with Gasteiger partial charge in [-0.15, -0.1) is 0 Å². The van der Waals surface area contributed by atoms with Crippen molar-refractivity contribution in [3.8, 4) is 0 Å². The summed E-state index contributed by atoms with van der Waals surface area (Å²) in [6.07, 6.45) is 1.95. The quantitative estimate of drug-likeness (QED) is 0.797. The molecule has 0 spiro atoms. The summed E-state index contributed by atoms with van der Waals surface area (Å²) in [6.45, 7) is 0.645. The van der Waals surface area contributed by atoms with Crippen LogP contribution in [0.3, 0.4) is 0 Å². The maximum absolute atomic E-state index is 12.6. The Bertz CT molecular complexity index is 705. The molecule has 0 unspecified atom stereocenters. The summed E-state index contributed by atoms with van der Waals surface area (Å²) in [5.74, 6) is -3.21. The van der Waals surface area contributed by atoms with Gasteiger partial charge in [0, 0.05) is 13.1 Å². The number of hydrogen-bond acceptors (Lipinski definition) is 5. The van der Waals surface area contributed by atoms with Gasteiger partial charge in [-0.2, -0.15) is 0 Å². The fourth-order valence-corrected chi connectivity index (χ4v) is 3.50. The predicted molar refractivity (Wildman–Crippen MR) is 87.6 cm³/mol. The first-order valence-corrected chi connectivity index (χ1v) is 8.44. The van der Waals surface area contributed by atoms with Crippen molar-refractivity contribution in [3.05, 3.63) is 29.6 Å². The van der Waals surface area contributed by atoms with E-state index >= 15 is 0 Å². The van der Waals surface area contributed by atoms with Crippen molar-refractivity contribution in [1.82, 2.24) is 14.8 Å². The molecule has 2 atom stereocenters. The van der Waals surface area contributed by atoms with Crippen molar-refractivity contribution < 1.29 is 29.4 Å². The van der Waals surface area contributed by atoms with Crippen LogP contribution >= 0.6 is 0 Å². The molecule has 9 heteroatoms. The molecular weight excluding hydrogens is 342 g/mol. The molecule has 3 rings (SSSR count). The van der Waals surface area contributed by atoms with E-state index in [1.165, 1.54) is 28.0 Å². The Hall–Kier alpha value is -2.97. The summed E-state index contributed by atoms with van der Waals surface area (Å²) >= 11 is 0. The van der Waals surface area contributed by atoms with Gasteiger partial charge in [-0.3, -0.25) is 9.59 Å². The van der Waals surface area contributed by atoms with Gasteiger partial charge in [0.1, 0.15) is 23.5 Å². The Morgan fingerprint density at radius 2 is 1.27 bits per heavy atom. The van der Waals surface area contributed by atoms with Crippen LogP contribution in [0.15, 0.2) is 18.2 Å². The number of carbonyl (C=O) groups excluding carboxylic acids is 2. The second-order valence-corrected chi connectivity index (χ2v) is 6.40. The Balaban J connectivity index is 1.82.